The van der Waals surface area contributed by atoms with Gasteiger partial charge in [0.2, 0.25) is 0 Å². The van der Waals surface area contributed by atoms with Crippen LogP contribution in [-0.4, -0.2) is 41.9 Å². The Hall–Kier alpha value is -1.49. The first-order valence-electron chi connectivity index (χ1n) is 6.11. The molecule has 0 radical (unpaired) electrons. The molecular formula is C12H16N4O. The standard InChI is InChI=1S/C12H16N4O/c1-8-6-9(17)11-10(8)12(15-7-14-11)16-4-2-13-3-5-16/h7-8,13H,2-6H2,1H3/t8-/m1/s1. The second-order valence-electron chi connectivity index (χ2n) is 4.72. The van der Waals surface area contributed by atoms with Gasteiger partial charge in [-0.15, -0.1) is 0 Å². The summed E-state index contributed by atoms with van der Waals surface area (Å²) < 4.78 is 0. The van der Waals surface area contributed by atoms with Gasteiger partial charge in [0.25, 0.3) is 0 Å². The van der Waals surface area contributed by atoms with E-state index in [0.29, 0.717) is 12.1 Å². The Morgan fingerprint density at radius 2 is 2.12 bits per heavy atom. The molecule has 2 heterocycles. The summed E-state index contributed by atoms with van der Waals surface area (Å²) in [6.45, 7) is 5.93. The van der Waals surface area contributed by atoms with Gasteiger partial charge in [0.1, 0.15) is 17.8 Å². The normalized spacial score (nSPS) is 23.9. The fraction of sp³-hybridized carbons (Fsp3) is 0.583. The average Bonchev–Trinajstić information content (AvgIpc) is 2.66. The van der Waals surface area contributed by atoms with Gasteiger partial charge < -0.3 is 10.2 Å². The molecular weight excluding hydrogens is 216 g/mol. The number of carbonyl (C=O) groups excluding carboxylic acids is 1. The van der Waals surface area contributed by atoms with E-state index in [-0.39, 0.29) is 11.7 Å². The molecule has 1 aromatic heterocycles. The Balaban J connectivity index is 2.03. The lowest BCUT2D eigenvalue weighted by Crippen LogP contribution is -2.44. The van der Waals surface area contributed by atoms with Gasteiger partial charge in [-0.2, -0.15) is 0 Å². The van der Waals surface area contributed by atoms with E-state index in [4.69, 9.17) is 0 Å². The van der Waals surface area contributed by atoms with Crippen LogP contribution in [0.15, 0.2) is 6.33 Å². The van der Waals surface area contributed by atoms with Gasteiger partial charge in [-0.3, -0.25) is 4.79 Å². The van der Waals surface area contributed by atoms with Crippen molar-refractivity contribution in [3.8, 4) is 0 Å². The topological polar surface area (TPSA) is 58.1 Å². The first-order chi connectivity index (χ1) is 8.27. The van der Waals surface area contributed by atoms with Crippen molar-refractivity contribution in [3.63, 3.8) is 0 Å². The highest BCUT2D eigenvalue weighted by atomic mass is 16.1. The molecule has 3 rings (SSSR count). The molecule has 1 aromatic rings. The van der Waals surface area contributed by atoms with E-state index >= 15 is 0 Å². The zero-order valence-electron chi connectivity index (χ0n) is 9.94. The van der Waals surface area contributed by atoms with Crippen LogP contribution in [0.2, 0.25) is 0 Å². The Kier molecular flexibility index (Phi) is 2.55. The van der Waals surface area contributed by atoms with Gasteiger partial charge in [-0.1, -0.05) is 6.92 Å². The van der Waals surface area contributed by atoms with Crippen molar-refractivity contribution in [1.82, 2.24) is 15.3 Å². The van der Waals surface area contributed by atoms with Crippen molar-refractivity contribution in [2.24, 2.45) is 0 Å². The number of hydrogen-bond acceptors (Lipinski definition) is 5. The summed E-state index contributed by atoms with van der Waals surface area (Å²) in [5.74, 6) is 1.38. The van der Waals surface area contributed by atoms with Gasteiger partial charge in [0.05, 0.1) is 0 Å². The first kappa shape index (κ1) is 10.7. The third-order valence-corrected chi connectivity index (χ3v) is 3.53. The van der Waals surface area contributed by atoms with E-state index in [1.165, 1.54) is 6.33 Å². The molecule has 0 amide bonds. The minimum atomic E-state index is 0.159. The lowest BCUT2D eigenvalue weighted by atomic mass is 10.1. The molecule has 17 heavy (non-hydrogen) atoms. The summed E-state index contributed by atoms with van der Waals surface area (Å²) in [5, 5.41) is 3.32. The predicted octanol–water partition coefficient (Wildman–Crippen LogP) is 0.576. The summed E-state index contributed by atoms with van der Waals surface area (Å²) in [4.78, 5) is 22.6. The van der Waals surface area contributed by atoms with Crippen molar-refractivity contribution in [1.29, 1.82) is 0 Å². The van der Waals surface area contributed by atoms with Crippen molar-refractivity contribution in [2.45, 2.75) is 19.3 Å². The molecule has 1 fully saturated rings. The Labute approximate surface area is 100 Å². The molecule has 0 unspecified atom stereocenters. The lowest BCUT2D eigenvalue weighted by molar-refractivity contribution is 0.0986. The second kappa shape index (κ2) is 4.07. The maximum absolute atomic E-state index is 11.8. The van der Waals surface area contributed by atoms with Crippen molar-refractivity contribution in [2.75, 3.05) is 31.1 Å². The number of nitrogens with zero attached hydrogens (tertiary/aromatic N) is 3. The van der Waals surface area contributed by atoms with Gasteiger partial charge in [0, 0.05) is 38.2 Å². The molecule has 90 valence electrons. The number of Topliss-reactive ketones (excluding diaryl/α,β-unsaturated/α-hetero) is 1. The second-order valence-corrected chi connectivity index (χ2v) is 4.72. The molecule has 0 spiro atoms. The number of fused-ring (bicyclic) bond motifs is 1. The SMILES string of the molecule is C[C@@H]1CC(=O)c2ncnc(N3CCNCC3)c21. The van der Waals surface area contributed by atoms with E-state index < -0.39 is 0 Å². The predicted molar refractivity (Wildman–Crippen MR) is 64.5 cm³/mol. The largest absolute Gasteiger partial charge is 0.354 e. The zero-order chi connectivity index (χ0) is 11.8. The van der Waals surface area contributed by atoms with Crippen LogP contribution in [0.4, 0.5) is 5.82 Å². The van der Waals surface area contributed by atoms with Crippen molar-refractivity contribution < 1.29 is 4.79 Å². The van der Waals surface area contributed by atoms with Crippen molar-refractivity contribution >= 4 is 11.6 Å². The molecule has 1 N–H and O–H groups in total. The molecule has 0 saturated carbocycles. The molecule has 0 bridgehead atoms. The van der Waals surface area contributed by atoms with Crippen LogP contribution in [0, 0.1) is 0 Å². The fourth-order valence-electron chi connectivity index (χ4n) is 2.67. The van der Waals surface area contributed by atoms with Crippen LogP contribution >= 0.6 is 0 Å². The molecule has 2 aliphatic rings. The van der Waals surface area contributed by atoms with Gasteiger partial charge in [0.15, 0.2) is 5.78 Å². The summed E-state index contributed by atoms with van der Waals surface area (Å²) >= 11 is 0. The maximum atomic E-state index is 11.8. The minimum absolute atomic E-state index is 0.159. The molecule has 5 nitrogen and oxygen atoms in total. The minimum Gasteiger partial charge on any atom is -0.354 e. The smallest absolute Gasteiger partial charge is 0.182 e. The number of ketones is 1. The number of anilines is 1. The van der Waals surface area contributed by atoms with E-state index in [1.807, 2.05) is 0 Å². The monoisotopic (exact) mass is 232 g/mol. The van der Waals surface area contributed by atoms with Crippen LogP contribution in [0.25, 0.3) is 0 Å². The van der Waals surface area contributed by atoms with Gasteiger partial charge >= 0.3 is 0 Å². The Morgan fingerprint density at radius 3 is 2.88 bits per heavy atom. The number of rotatable bonds is 1. The molecule has 1 saturated heterocycles. The van der Waals surface area contributed by atoms with Gasteiger partial charge in [-0.05, 0) is 5.92 Å². The third kappa shape index (κ3) is 1.70. The highest BCUT2D eigenvalue weighted by Gasteiger charge is 2.32. The maximum Gasteiger partial charge on any atom is 0.182 e. The number of aromatic nitrogens is 2. The molecule has 0 aromatic carbocycles. The molecule has 5 heteroatoms. The Morgan fingerprint density at radius 1 is 1.35 bits per heavy atom. The first-order valence-corrected chi connectivity index (χ1v) is 6.11. The van der Waals surface area contributed by atoms with E-state index in [2.05, 4.69) is 27.1 Å². The Bertz CT molecular complexity index is 454. The lowest BCUT2D eigenvalue weighted by Gasteiger charge is -2.30. The average molecular weight is 232 g/mol. The number of piperazine rings is 1. The highest BCUT2D eigenvalue weighted by molar-refractivity contribution is 6.00. The zero-order valence-corrected chi connectivity index (χ0v) is 9.94. The number of carbonyl (C=O) groups is 1. The van der Waals surface area contributed by atoms with E-state index in [0.717, 1.165) is 37.6 Å². The van der Waals surface area contributed by atoms with E-state index in [9.17, 15) is 4.79 Å². The quantitative estimate of drug-likeness (QED) is 0.767. The van der Waals surface area contributed by atoms with Crippen LogP contribution in [0.5, 0.6) is 0 Å². The summed E-state index contributed by atoms with van der Waals surface area (Å²) in [6, 6.07) is 0. The van der Waals surface area contributed by atoms with E-state index in [1.54, 1.807) is 0 Å². The fourth-order valence-corrected chi connectivity index (χ4v) is 2.67. The van der Waals surface area contributed by atoms with Crippen LogP contribution in [0.3, 0.4) is 0 Å². The van der Waals surface area contributed by atoms with Crippen LogP contribution in [-0.2, 0) is 0 Å². The third-order valence-electron chi connectivity index (χ3n) is 3.53. The molecule has 1 aliphatic carbocycles. The molecule has 1 aliphatic heterocycles. The number of nitrogens with one attached hydrogen (secondary N) is 1. The molecule has 1 atom stereocenters. The summed E-state index contributed by atoms with van der Waals surface area (Å²) in [7, 11) is 0. The summed E-state index contributed by atoms with van der Waals surface area (Å²) in [5.41, 5.74) is 1.69. The van der Waals surface area contributed by atoms with Gasteiger partial charge in [-0.25, -0.2) is 9.97 Å². The summed E-state index contributed by atoms with van der Waals surface area (Å²) in [6.07, 6.45) is 2.10. The van der Waals surface area contributed by atoms with Crippen molar-refractivity contribution in [3.05, 3.63) is 17.6 Å². The van der Waals surface area contributed by atoms with Crippen LogP contribution in [0.1, 0.15) is 35.3 Å². The van der Waals surface area contributed by atoms with Crippen LogP contribution < -0.4 is 10.2 Å². The highest BCUT2D eigenvalue weighted by Crippen LogP contribution is 2.36. The number of hydrogen-bond donors (Lipinski definition) is 1.